The molecule has 0 radical (unpaired) electrons. The molecule has 124 valence electrons. The van der Waals surface area contributed by atoms with Gasteiger partial charge in [-0.1, -0.05) is 65.7 Å². The molecule has 0 aliphatic heterocycles. The second-order valence-electron chi connectivity index (χ2n) is 5.27. The highest BCUT2D eigenvalue weighted by Crippen LogP contribution is 2.31. The van der Waals surface area contributed by atoms with Gasteiger partial charge in [-0.2, -0.15) is 5.26 Å². The summed E-state index contributed by atoms with van der Waals surface area (Å²) in [6.07, 6.45) is 1.36. The highest BCUT2D eigenvalue weighted by Gasteiger charge is 2.24. The molecule has 0 atom stereocenters. The van der Waals surface area contributed by atoms with Crippen molar-refractivity contribution in [2.24, 2.45) is 0 Å². The summed E-state index contributed by atoms with van der Waals surface area (Å²) in [5.41, 5.74) is 0.636. The van der Waals surface area contributed by atoms with Gasteiger partial charge < -0.3 is 0 Å². The van der Waals surface area contributed by atoms with Gasteiger partial charge in [0.1, 0.15) is 11.0 Å². The number of hydrogen-bond acceptors (Lipinski definition) is 3. The highest BCUT2D eigenvalue weighted by molar-refractivity contribution is 7.95. The second kappa shape index (κ2) is 6.89. The van der Waals surface area contributed by atoms with E-state index in [0.29, 0.717) is 5.56 Å². The molecule has 0 N–H and O–H groups in total. The molecule has 0 unspecified atom stereocenters. The topological polar surface area (TPSA) is 57.9 Å². The number of nitriles is 1. The van der Waals surface area contributed by atoms with Gasteiger partial charge in [-0.05, 0) is 40.6 Å². The van der Waals surface area contributed by atoms with Gasteiger partial charge in [0.05, 0.1) is 9.92 Å². The van der Waals surface area contributed by atoms with Gasteiger partial charge in [0.2, 0.25) is 9.84 Å². The van der Waals surface area contributed by atoms with E-state index in [1.807, 2.05) is 36.4 Å². The maximum absolute atomic E-state index is 12.8. The summed E-state index contributed by atoms with van der Waals surface area (Å²) in [5, 5.41) is 11.5. The molecule has 0 fully saturated rings. The van der Waals surface area contributed by atoms with E-state index >= 15 is 0 Å². The van der Waals surface area contributed by atoms with Crippen LogP contribution in [0.4, 0.5) is 0 Å². The largest absolute Gasteiger partial charge is 0.218 e. The standard InChI is InChI=1S/C19H11Cl2NO2S/c20-15-8-9-18(21)19(11-15)25(23,24)16(12-22)10-14-6-3-5-13-4-1-2-7-17(13)14/h1-11H/b16-10+. The molecule has 6 heteroatoms. The Bertz CT molecular complexity index is 1140. The molecule has 0 aliphatic rings. The Kier molecular flexibility index (Phi) is 4.82. The monoisotopic (exact) mass is 387 g/mol. The van der Waals surface area contributed by atoms with Gasteiger partial charge in [-0.25, -0.2) is 8.42 Å². The minimum Gasteiger partial charge on any atom is -0.218 e. The SMILES string of the molecule is N#C/C(=C\c1cccc2ccccc12)S(=O)(=O)c1cc(Cl)ccc1Cl. The fourth-order valence-corrected chi connectivity index (χ4v) is 4.39. The quantitative estimate of drug-likeness (QED) is 0.558. The zero-order chi connectivity index (χ0) is 18.0. The van der Waals surface area contributed by atoms with Crippen LogP contribution in [0.1, 0.15) is 5.56 Å². The van der Waals surface area contributed by atoms with Crippen molar-refractivity contribution in [3.8, 4) is 6.07 Å². The molecular formula is C19H11Cl2NO2S. The minimum atomic E-state index is -4.09. The average molecular weight is 388 g/mol. The number of hydrogen-bond donors (Lipinski definition) is 0. The highest BCUT2D eigenvalue weighted by atomic mass is 35.5. The molecule has 3 nitrogen and oxygen atoms in total. The van der Waals surface area contributed by atoms with E-state index in [1.165, 1.54) is 24.3 Å². The van der Waals surface area contributed by atoms with Crippen LogP contribution in [0.15, 0.2) is 70.5 Å². The van der Waals surface area contributed by atoms with Crippen LogP contribution in [0.3, 0.4) is 0 Å². The van der Waals surface area contributed by atoms with E-state index in [2.05, 4.69) is 0 Å². The number of halogens is 2. The third-order valence-corrected chi connectivity index (χ3v) is 6.07. The second-order valence-corrected chi connectivity index (χ2v) is 8.00. The molecule has 0 bridgehead atoms. The predicted octanol–water partition coefficient (Wildman–Crippen LogP) is 5.48. The van der Waals surface area contributed by atoms with Crippen molar-refractivity contribution in [2.45, 2.75) is 4.90 Å². The van der Waals surface area contributed by atoms with Crippen molar-refractivity contribution in [3.05, 3.63) is 81.2 Å². The van der Waals surface area contributed by atoms with Gasteiger partial charge in [0.25, 0.3) is 0 Å². The summed E-state index contributed by atoms with van der Waals surface area (Å²) in [4.78, 5) is -0.581. The normalized spacial score (nSPS) is 12.1. The molecule has 0 saturated heterocycles. The number of allylic oxidation sites excluding steroid dienone is 1. The number of fused-ring (bicyclic) bond motifs is 1. The van der Waals surface area contributed by atoms with Crippen LogP contribution in [0, 0.1) is 11.3 Å². The van der Waals surface area contributed by atoms with E-state index in [0.717, 1.165) is 10.8 Å². The van der Waals surface area contributed by atoms with E-state index < -0.39 is 14.7 Å². The van der Waals surface area contributed by atoms with Crippen LogP contribution in [-0.4, -0.2) is 8.42 Å². The molecule has 25 heavy (non-hydrogen) atoms. The Balaban J connectivity index is 2.21. The molecule has 3 aromatic carbocycles. The smallest absolute Gasteiger partial charge is 0.218 e. The zero-order valence-electron chi connectivity index (χ0n) is 12.8. The lowest BCUT2D eigenvalue weighted by molar-refractivity contribution is 0.603. The van der Waals surface area contributed by atoms with Crippen LogP contribution >= 0.6 is 23.2 Å². The number of benzene rings is 3. The number of rotatable bonds is 3. The van der Waals surface area contributed by atoms with Crippen LogP contribution in [0.25, 0.3) is 16.8 Å². The first kappa shape index (κ1) is 17.5. The summed E-state index contributed by atoms with van der Waals surface area (Å²) in [6.45, 7) is 0. The maximum atomic E-state index is 12.8. The van der Waals surface area contributed by atoms with Gasteiger partial charge in [0, 0.05) is 5.02 Å². The Hall–Kier alpha value is -2.32. The lowest BCUT2D eigenvalue weighted by Gasteiger charge is -2.07. The van der Waals surface area contributed by atoms with Crippen LogP contribution in [0.5, 0.6) is 0 Å². The third-order valence-electron chi connectivity index (χ3n) is 3.69. The van der Waals surface area contributed by atoms with Crippen LogP contribution in [-0.2, 0) is 9.84 Å². The molecule has 0 amide bonds. The predicted molar refractivity (Wildman–Crippen MR) is 101 cm³/mol. The van der Waals surface area contributed by atoms with E-state index in [4.69, 9.17) is 23.2 Å². The summed E-state index contributed by atoms with van der Waals surface area (Å²) >= 11 is 11.9. The van der Waals surface area contributed by atoms with Crippen LogP contribution < -0.4 is 0 Å². The average Bonchev–Trinajstić information content (AvgIpc) is 2.61. The maximum Gasteiger partial charge on any atom is 0.218 e. The lowest BCUT2D eigenvalue weighted by Crippen LogP contribution is -2.04. The molecular weight excluding hydrogens is 377 g/mol. The van der Waals surface area contributed by atoms with Gasteiger partial charge in [-0.15, -0.1) is 0 Å². The first-order valence-electron chi connectivity index (χ1n) is 7.23. The van der Waals surface area contributed by atoms with Crippen molar-refractivity contribution in [1.82, 2.24) is 0 Å². The molecule has 0 spiro atoms. The summed E-state index contributed by atoms with van der Waals surface area (Å²) < 4.78 is 25.7. The zero-order valence-corrected chi connectivity index (χ0v) is 15.1. The lowest BCUT2D eigenvalue weighted by atomic mass is 10.0. The molecule has 0 saturated carbocycles. The Labute approximate surface area is 155 Å². The Morgan fingerprint density at radius 2 is 1.72 bits per heavy atom. The fraction of sp³-hybridized carbons (Fsp3) is 0. The summed E-state index contributed by atoms with van der Waals surface area (Å²) in [6, 6.07) is 18.9. The van der Waals surface area contributed by atoms with E-state index in [9.17, 15) is 13.7 Å². The van der Waals surface area contributed by atoms with E-state index in [-0.39, 0.29) is 14.9 Å². The van der Waals surface area contributed by atoms with Gasteiger partial charge >= 0.3 is 0 Å². The first-order chi connectivity index (χ1) is 11.9. The Morgan fingerprint density at radius 3 is 2.48 bits per heavy atom. The van der Waals surface area contributed by atoms with Gasteiger partial charge in [0.15, 0.2) is 0 Å². The van der Waals surface area contributed by atoms with Crippen molar-refractivity contribution < 1.29 is 8.42 Å². The molecule has 3 rings (SSSR count). The minimum absolute atomic E-state index is 0.0171. The van der Waals surface area contributed by atoms with Crippen molar-refractivity contribution in [2.75, 3.05) is 0 Å². The first-order valence-corrected chi connectivity index (χ1v) is 9.47. The Morgan fingerprint density at radius 1 is 1.00 bits per heavy atom. The number of sulfone groups is 1. The molecule has 0 aromatic heterocycles. The van der Waals surface area contributed by atoms with E-state index in [1.54, 1.807) is 12.1 Å². The summed E-state index contributed by atoms with van der Waals surface area (Å²) in [7, 11) is -4.09. The van der Waals surface area contributed by atoms with Crippen molar-refractivity contribution in [1.29, 1.82) is 5.26 Å². The molecule has 0 heterocycles. The fourth-order valence-electron chi connectivity index (χ4n) is 2.49. The van der Waals surface area contributed by atoms with Crippen molar-refractivity contribution in [3.63, 3.8) is 0 Å². The van der Waals surface area contributed by atoms with Gasteiger partial charge in [-0.3, -0.25) is 0 Å². The van der Waals surface area contributed by atoms with Crippen LogP contribution in [0.2, 0.25) is 10.0 Å². The number of nitrogens with zero attached hydrogens (tertiary/aromatic N) is 1. The van der Waals surface area contributed by atoms with Crippen molar-refractivity contribution >= 4 is 49.9 Å². The summed E-state index contributed by atoms with van der Waals surface area (Å²) in [5.74, 6) is 0. The third kappa shape index (κ3) is 3.40. The molecule has 0 aliphatic carbocycles. The molecule has 3 aromatic rings.